The zero-order valence-corrected chi connectivity index (χ0v) is 9.94. The van der Waals surface area contributed by atoms with Crippen molar-refractivity contribution in [1.82, 2.24) is 9.80 Å². The largest absolute Gasteiger partial charge is 0.368 e. The molecule has 0 radical (unpaired) electrons. The molecule has 3 amide bonds. The fourth-order valence-electron chi connectivity index (χ4n) is 2.77. The van der Waals surface area contributed by atoms with E-state index >= 15 is 0 Å². The summed E-state index contributed by atoms with van der Waals surface area (Å²) in [5.41, 5.74) is 4.62. The predicted octanol–water partition coefficient (Wildman–Crippen LogP) is -1.06. The summed E-state index contributed by atoms with van der Waals surface area (Å²) in [6, 6.07) is 0. The van der Waals surface area contributed by atoms with E-state index in [9.17, 15) is 14.4 Å². The molecule has 0 aromatic carbocycles. The average molecular weight is 239 g/mol. The standard InChI is InChI=1S/C11H17N3O3/c1-8(15)13-4-2-3-11(6-13)7-14(10(11)17)5-9(12)16/h2-7H2,1H3,(H2,12,16). The number of hydrogen-bond acceptors (Lipinski definition) is 3. The summed E-state index contributed by atoms with van der Waals surface area (Å²) in [6.45, 7) is 3.25. The number of β-lactam (4-membered cyclic amide) rings is 1. The van der Waals surface area contributed by atoms with Crippen LogP contribution in [0.4, 0.5) is 0 Å². The first-order valence-electron chi connectivity index (χ1n) is 5.78. The summed E-state index contributed by atoms with van der Waals surface area (Å²) in [6.07, 6.45) is 1.64. The quantitative estimate of drug-likeness (QED) is 0.624. The molecule has 2 fully saturated rings. The molecule has 1 unspecified atom stereocenters. The van der Waals surface area contributed by atoms with Gasteiger partial charge in [0.25, 0.3) is 0 Å². The zero-order chi connectivity index (χ0) is 12.6. The van der Waals surface area contributed by atoms with Crippen LogP contribution in [0.3, 0.4) is 0 Å². The molecule has 2 N–H and O–H groups in total. The monoisotopic (exact) mass is 239 g/mol. The van der Waals surface area contributed by atoms with Crippen LogP contribution in [0, 0.1) is 5.41 Å². The minimum absolute atomic E-state index is 0.00484. The highest BCUT2D eigenvalue weighted by Gasteiger charge is 2.54. The van der Waals surface area contributed by atoms with Gasteiger partial charge in [-0.3, -0.25) is 14.4 Å². The van der Waals surface area contributed by atoms with Crippen molar-refractivity contribution < 1.29 is 14.4 Å². The number of nitrogens with zero attached hydrogens (tertiary/aromatic N) is 2. The second-order valence-electron chi connectivity index (χ2n) is 4.95. The molecule has 2 aliphatic rings. The molecule has 2 saturated heterocycles. The average Bonchev–Trinajstić information content (AvgIpc) is 2.28. The smallest absolute Gasteiger partial charge is 0.237 e. The van der Waals surface area contributed by atoms with Crippen LogP contribution in [-0.2, 0) is 14.4 Å². The van der Waals surface area contributed by atoms with Gasteiger partial charge >= 0.3 is 0 Å². The number of hydrogen-bond donors (Lipinski definition) is 1. The molecule has 0 aliphatic carbocycles. The highest BCUT2D eigenvalue weighted by Crippen LogP contribution is 2.40. The number of carbonyl (C=O) groups excluding carboxylic acids is 3. The minimum Gasteiger partial charge on any atom is -0.368 e. The van der Waals surface area contributed by atoms with E-state index < -0.39 is 11.3 Å². The highest BCUT2D eigenvalue weighted by molar-refractivity contribution is 5.93. The van der Waals surface area contributed by atoms with Gasteiger partial charge in [0, 0.05) is 26.6 Å². The first-order chi connectivity index (χ1) is 7.94. The van der Waals surface area contributed by atoms with E-state index in [2.05, 4.69) is 0 Å². The number of nitrogens with two attached hydrogens (primary N) is 1. The lowest BCUT2D eigenvalue weighted by molar-refractivity contribution is -0.169. The number of amides is 3. The van der Waals surface area contributed by atoms with Gasteiger partial charge in [-0.2, -0.15) is 0 Å². The number of rotatable bonds is 2. The van der Waals surface area contributed by atoms with E-state index in [4.69, 9.17) is 5.73 Å². The van der Waals surface area contributed by atoms with Gasteiger partial charge in [0.1, 0.15) is 0 Å². The first-order valence-corrected chi connectivity index (χ1v) is 5.78. The van der Waals surface area contributed by atoms with Gasteiger partial charge in [0.2, 0.25) is 17.7 Å². The van der Waals surface area contributed by atoms with Crippen LogP contribution in [0.1, 0.15) is 19.8 Å². The Morgan fingerprint density at radius 1 is 1.41 bits per heavy atom. The van der Waals surface area contributed by atoms with Crippen molar-refractivity contribution >= 4 is 17.7 Å². The van der Waals surface area contributed by atoms with Crippen LogP contribution >= 0.6 is 0 Å². The van der Waals surface area contributed by atoms with Crippen LogP contribution in [0.5, 0.6) is 0 Å². The van der Waals surface area contributed by atoms with E-state index in [0.717, 1.165) is 19.4 Å². The Labute approximate surface area is 99.7 Å². The lowest BCUT2D eigenvalue weighted by atomic mass is 9.72. The fraction of sp³-hybridized carbons (Fsp3) is 0.727. The molecule has 6 heteroatoms. The maximum atomic E-state index is 12.0. The third-order valence-electron chi connectivity index (χ3n) is 3.60. The first kappa shape index (κ1) is 11.9. The summed E-state index contributed by atoms with van der Waals surface area (Å²) >= 11 is 0. The topological polar surface area (TPSA) is 83.7 Å². The number of piperidine rings is 1. The van der Waals surface area contributed by atoms with Gasteiger partial charge in [-0.25, -0.2) is 0 Å². The molecular formula is C11H17N3O3. The van der Waals surface area contributed by atoms with E-state index in [1.54, 1.807) is 4.90 Å². The number of likely N-dealkylation sites (tertiary alicyclic amines) is 2. The lowest BCUT2D eigenvalue weighted by Gasteiger charge is -2.52. The second-order valence-corrected chi connectivity index (χ2v) is 4.95. The van der Waals surface area contributed by atoms with E-state index in [1.807, 2.05) is 0 Å². The minimum atomic E-state index is -0.493. The molecule has 1 atom stereocenters. The summed E-state index contributed by atoms with van der Waals surface area (Å²) in [5, 5.41) is 0. The molecule has 0 aromatic rings. The van der Waals surface area contributed by atoms with Crippen LogP contribution in [0.15, 0.2) is 0 Å². The van der Waals surface area contributed by atoms with Crippen molar-refractivity contribution in [3.8, 4) is 0 Å². The van der Waals surface area contributed by atoms with Crippen molar-refractivity contribution in [3.63, 3.8) is 0 Å². The highest BCUT2D eigenvalue weighted by atomic mass is 16.2. The Hall–Kier alpha value is -1.59. The van der Waals surface area contributed by atoms with Crippen LogP contribution in [-0.4, -0.2) is 53.7 Å². The normalized spacial score (nSPS) is 28.2. The molecule has 1 spiro atoms. The number of carbonyl (C=O) groups is 3. The maximum absolute atomic E-state index is 12.0. The van der Waals surface area contributed by atoms with Crippen molar-refractivity contribution in [1.29, 1.82) is 0 Å². The number of primary amides is 1. The summed E-state index contributed by atoms with van der Waals surface area (Å²) in [4.78, 5) is 37.3. The van der Waals surface area contributed by atoms with Crippen molar-refractivity contribution in [2.24, 2.45) is 11.1 Å². The Morgan fingerprint density at radius 3 is 2.65 bits per heavy atom. The van der Waals surface area contributed by atoms with Crippen LogP contribution in [0.25, 0.3) is 0 Å². The van der Waals surface area contributed by atoms with Crippen LogP contribution in [0.2, 0.25) is 0 Å². The summed E-state index contributed by atoms with van der Waals surface area (Å²) in [5.74, 6) is -0.528. The lowest BCUT2D eigenvalue weighted by Crippen LogP contribution is -2.68. The van der Waals surface area contributed by atoms with Crippen molar-refractivity contribution in [2.45, 2.75) is 19.8 Å². The Kier molecular flexibility index (Phi) is 2.81. The summed E-state index contributed by atoms with van der Waals surface area (Å²) < 4.78 is 0. The van der Waals surface area contributed by atoms with Gasteiger partial charge in [-0.05, 0) is 12.8 Å². The van der Waals surface area contributed by atoms with E-state index in [1.165, 1.54) is 11.8 Å². The predicted molar refractivity (Wildman–Crippen MR) is 59.7 cm³/mol. The Bertz CT molecular complexity index is 382. The van der Waals surface area contributed by atoms with Gasteiger partial charge in [0.05, 0.1) is 12.0 Å². The molecule has 2 aliphatic heterocycles. The van der Waals surface area contributed by atoms with Crippen molar-refractivity contribution in [3.05, 3.63) is 0 Å². The summed E-state index contributed by atoms with van der Waals surface area (Å²) in [7, 11) is 0. The van der Waals surface area contributed by atoms with Gasteiger partial charge in [0.15, 0.2) is 0 Å². The Balaban J connectivity index is 2.01. The zero-order valence-electron chi connectivity index (χ0n) is 9.94. The third kappa shape index (κ3) is 1.99. The van der Waals surface area contributed by atoms with Gasteiger partial charge in [-0.15, -0.1) is 0 Å². The molecule has 6 nitrogen and oxygen atoms in total. The third-order valence-corrected chi connectivity index (χ3v) is 3.60. The molecule has 0 bridgehead atoms. The van der Waals surface area contributed by atoms with E-state index in [-0.39, 0.29) is 18.4 Å². The van der Waals surface area contributed by atoms with Gasteiger partial charge < -0.3 is 15.5 Å². The SMILES string of the molecule is CC(=O)N1CCCC2(C1)CN(CC(N)=O)C2=O. The molecule has 2 rings (SSSR count). The van der Waals surface area contributed by atoms with E-state index in [0.29, 0.717) is 13.1 Å². The maximum Gasteiger partial charge on any atom is 0.237 e. The molecule has 2 heterocycles. The van der Waals surface area contributed by atoms with Crippen LogP contribution < -0.4 is 5.73 Å². The molecular weight excluding hydrogens is 222 g/mol. The van der Waals surface area contributed by atoms with Crippen molar-refractivity contribution in [2.75, 3.05) is 26.2 Å². The molecule has 17 heavy (non-hydrogen) atoms. The second kappa shape index (κ2) is 4.01. The molecule has 0 aromatic heterocycles. The Morgan fingerprint density at radius 2 is 2.12 bits per heavy atom. The van der Waals surface area contributed by atoms with Gasteiger partial charge in [-0.1, -0.05) is 0 Å². The molecule has 0 saturated carbocycles. The molecule has 94 valence electrons. The fourth-order valence-corrected chi connectivity index (χ4v) is 2.77.